The Kier molecular flexibility index (Phi) is 7.67. The standard InChI is InChI=1S/C15H25NO3/c1-16(2)10-6-9-14(18)15(11-17)19-12-13-7-4-3-5-8-13/h3-5,7-8,14-15,17-18H,6,9-12H2,1-2H3. The smallest absolute Gasteiger partial charge is 0.107 e. The molecule has 0 saturated heterocycles. The Labute approximate surface area is 115 Å². The molecule has 108 valence electrons. The monoisotopic (exact) mass is 267 g/mol. The molecule has 0 aromatic heterocycles. The highest BCUT2D eigenvalue weighted by Gasteiger charge is 2.18. The first-order valence-corrected chi connectivity index (χ1v) is 6.72. The number of benzene rings is 1. The van der Waals surface area contributed by atoms with E-state index in [4.69, 9.17) is 4.74 Å². The first-order chi connectivity index (χ1) is 9.13. The Hall–Kier alpha value is -0.940. The van der Waals surface area contributed by atoms with Gasteiger partial charge in [-0.25, -0.2) is 0 Å². The van der Waals surface area contributed by atoms with Crippen LogP contribution in [0.2, 0.25) is 0 Å². The maximum absolute atomic E-state index is 10.00. The van der Waals surface area contributed by atoms with Crippen LogP contribution in [-0.4, -0.2) is 54.6 Å². The predicted octanol–water partition coefficient (Wildman–Crippen LogP) is 1.27. The average molecular weight is 267 g/mol. The van der Waals surface area contributed by atoms with E-state index in [1.807, 2.05) is 44.4 Å². The summed E-state index contributed by atoms with van der Waals surface area (Å²) in [5.41, 5.74) is 1.04. The number of aliphatic hydroxyl groups is 2. The summed E-state index contributed by atoms with van der Waals surface area (Å²) in [4.78, 5) is 2.07. The fraction of sp³-hybridized carbons (Fsp3) is 0.600. The summed E-state index contributed by atoms with van der Waals surface area (Å²) >= 11 is 0. The zero-order valence-electron chi connectivity index (χ0n) is 11.8. The molecular formula is C15H25NO3. The Morgan fingerprint density at radius 1 is 1.21 bits per heavy atom. The maximum atomic E-state index is 10.00. The van der Waals surface area contributed by atoms with Gasteiger partial charge >= 0.3 is 0 Å². The van der Waals surface area contributed by atoms with Gasteiger partial charge in [0.25, 0.3) is 0 Å². The summed E-state index contributed by atoms with van der Waals surface area (Å²) < 4.78 is 5.58. The third kappa shape index (κ3) is 6.68. The summed E-state index contributed by atoms with van der Waals surface area (Å²) in [5.74, 6) is 0. The zero-order chi connectivity index (χ0) is 14.1. The van der Waals surface area contributed by atoms with E-state index < -0.39 is 12.2 Å². The van der Waals surface area contributed by atoms with Crippen LogP contribution in [0.25, 0.3) is 0 Å². The summed E-state index contributed by atoms with van der Waals surface area (Å²) in [6.07, 6.45) is 0.397. The van der Waals surface area contributed by atoms with Crippen molar-refractivity contribution in [2.75, 3.05) is 27.2 Å². The molecule has 4 nitrogen and oxygen atoms in total. The molecule has 1 aromatic carbocycles. The lowest BCUT2D eigenvalue weighted by atomic mass is 10.1. The van der Waals surface area contributed by atoms with Crippen LogP contribution < -0.4 is 0 Å². The Morgan fingerprint density at radius 3 is 2.47 bits per heavy atom. The minimum Gasteiger partial charge on any atom is -0.394 e. The van der Waals surface area contributed by atoms with Gasteiger partial charge in [0.1, 0.15) is 6.10 Å². The number of rotatable bonds is 9. The van der Waals surface area contributed by atoms with Crippen LogP contribution in [0.1, 0.15) is 18.4 Å². The molecular weight excluding hydrogens is 242 g/mol. The van der Waals surface area contributed by atoms with E-state index >= 15 is 0 Å². The Morgan fingerprint density at radius 2 is 1.89 bits per heavy atom. The van der Waals surface area contributed by atoms with Crippen molar-refractivity contribution in [1.82, 2.24) is 4.90 Å². The molecule has 2 atom stereocenters. The molecule has 0 heterocycles. The average Bonchev–Trinajstić information content (AvgIpc) is 2.40. The minimum atomic E-state index is -0.617. The van der Waals surface area contributed by atoms with Gasteiger partial charge in [0.2, 0.25) is 0 Å². The predicted molar refractivity (Wildman–Crippen MR) is 75.9 cm³/mol. The SMILES string of the molecule is CN(C)CCCC(O)C(CO)OCc1ccccc1. The lowest BCUT2D eigenvalue weighted by Crippen LogP contribution is -2.33. The van der Waals surface area contributed by atoms with E-state index in [1.165, 1.54) is 0 Å². The molecule has 0 aliphatic heterocycles. The second-order valence-corrected chi connectivity index (χ2v) is 5.03. The summed E-state index contributed by atoms with van der Waals surface area (Å²) in [5, 5.41) is 19.3. The highest BCUT2D eigenvalue weighted by atomic mass is 16.5. The van der Waals surface area contributed by atoms with Crippen molar-refractivity contribution >= 4 is 0 Å². The van der Waals surface area contributed by atoms with Gasteiger partial charge in [0, 0.05) is 0 Å². The molecule has 0 amide bonds. The topological polar surface area (TPSA) is 52.9 Å². The van der Waals surface area contributed by atoms with Crippen LogP contribution in [0.5, 0.6) is 0 Å². The Bertz CT molecular complexity index is 329. The van der Waals surface area contributed by atoms with Crippen molar-refractivity contribution in [3.8, 4) is 0 Å². The molecule has 0 aliphatic carbocycles. The molecule has 0 radical (unpaired) electrons. The van der Waals surface area contributed by atoms with Crippen molar-refractivity contribution in [1.29, 1.82) is 0 Å². The fourth-order valence-electron chi connectivity index (χ4n) is 1.87. The molecule has 0 spiro atoms. The number of hydrogen-bond acceptors (Lipinski definition) is 4. The molecule has 2 N–H and O–H groups in total. The third-order valence-corrected chi connectivity index (χ3v) is 3.02. The van der Waals surface area contributed by atoms with E-state index in [9.17, 15) is 10.2 Å². The second kappa shape index (κ2) is 9.04. The molecule has 1 rings (SSSR count). The molecule has 0 fully saturated rings. The maximum Gasteiger partial charge on any atom is 0.107 e. The van der Waals surface area contributed by atoms with Crippen molar-refractivity contribution in [3.05, 3.63) is 35.9 Å². The zero-order valence-corrected chi connectivity index (χ0v) is 11.8. The van der Waals surface area contributed by atoms with E-state index in [2.05, 4.69) is 4.90 Å². The quantitative estimate of drug-likeness (QED) is 0.707. The van der Waals surface area contributed by atoms with Crippen LogP contribution in [0.4, 0.5) is 0 Å². The van der Waals surface area contributed by atoms with Crippen molar-refractivity contribution in [2.24, 2.45) is 0 Å². The Balaban J connectivity index is 2.31. The number of hydrogen-bond donors (Lipinski definition) is 2. The third-order valence-electron chi connectivity index (χ3n) is 3.02. The van der Waals surface area contributed by atoms with Crippen molar-refractivity contribution < 1.29 is 14.9 Å². The second-order valence-electron chi connectivity index (χ2n) is 5.03. The summed E-state index contributed by atoms with van der Waals surface area (Å²) in [6.45, 7) is 1.18. The van der Waals surface area contributed by atoms with E-state index in [0.29, 0.717) is 13.0 Å². The lowest BCUT2D eigenvalue weighted by molar-refractivity contribution is -0.0737. The summed E-state index contributed by atoms with van der Waals surface area (Å²) in [7, 11) is 4.00. The van der Waals surface area contributed by atoms with Gasteiger partial charge in [-0.05, 0) is 39.0 Å². The first-order valence-electron chi connectivity index (χ1n) is 6.72. The molecule has 2 unspecified atom stereocenters. The lowest BCUT2D eigenvalue weighted by Gasteiger charge is -2.22. The summed E-state index contributed by atoms with van der Waals surface area (Å²) in [6, 6.07) is 9.77. The van der Waals surface area contributed by atoms with Gasteiger partial charge in [-0.1, -0.05) is 30.3 Å². The van der Waals surface area contributed by atoms with Gasteiger partial charge in [-0.3, -0.25) is 0 Å². The molecule has 0 saturated carbocycles. The van der Waals surface area contributed by atoms with E-state index in [-0.39, 0.29) is 6.61 Å². The largest absolute Gasteiger partial charge is 0.394 e. The van der Waals surface area contributed by atoms with Crippen LogP contribution in [0.15, 0.2) is 30.3 Å². The van der Waals surface area contributed by atoms with Crippen LogP contribution in [-0.2, 0) is 11.3 Å². The van der Waals surface area contributed by atoms with Crippen molar-refractivity contribution in [3.63, 3.8) is 0 Å². The number of aliphatic hydroxyl groups excluding tert-OH is 2. The van der Waals surface area contributed by atoms with Crippen LogP contribution in [0.3, 0.4) is 0 Å². The highest BCUT2D eigenvalue weighted by Crippen LogP contribution is 2.10. The van der Waals surface area contributed by atoms with Gasteiger partial charge < -0.3 is 19.8 Å². The highest BCUT2D eigenvalue weighted by molar-refractivity contribution is 5.13. The van der Waals surface area contributed by atoms with Gasteiger partial charge in [-0.2, -0.15) is 0 Å². The van der Waals surface area contributed by atoms with E-state index in [0.717, 1.165) is 18.5 Å². The number of nitrogens with zero attached hydrogens (tertiary/aromatic N) is 1. The van der Waals surface area contributed by atoms with Gasteiger partial charge in [0.05, 0.1) is 19.3 Å². The fourth-order valence-corrected chi connectivity index (χ4v) is 1.87. The first kappa shape index (κ1) is 16.1. The minimum absolute atomic E-state index is 0.157. The molecule has 4 heteroatoms. The van der Waals surface area contributed by atoms with Gasteiger partial charge in [0.15, 0.2) is 0 Å². The molecule has 0 aliphatic rings. The molecule has 0 bridgehead atoms. The molecule has 19 heavy (non-hydrogen) atoms. The molecule has 1 aromatic rings. The van der Waals surface area contributed by atoms with E-state index in [1.54, 1.807) is 0 Å². The van der Waals surface area contributed by atoms with Gasteiger partial charge in [-0.15, -0.1) is 0 Å². The van der Waals surface area contributed by atoms with Crippen LogP contribution in [0, 0.1) is 0 Å². The van der Waals surface area contributed by atoms with Crippen LogP contribution >= 0.6 is 0 Å². The van der Waals surface area contributed by atoms with Crippen molar-refractivity contribution in [2.45, 2.75) is 31.7 Å². The number of ether oxygens (including phenoxy) is 1. The normalized spacial score (nSPS) is 14.6.